The van der Waals surface area contributed by atoms with Crippen LogP contribution in [0.3, 0.4) is 0 Å². The van der Waals surface area contributed by atoms with Gasteiger partial charge in [0, 0.05) is 37.1 Å². The summed E-state index contributed by atoms with van der Waals surface area (Å²) in [6.07, 6.45) is -2.62. The number of H-pyrrole nitrogens is 1. The van der Waals surface area contributed by atoms with E-state index in [9.17, 15) is 13.2 Å². The van der Waals surface area contributed by atoms with Gasteiger partial charge in [0.2, 0.25) is 0 Å². The highest BCUT2D eigenvalue weighted by molar-refractivity contribution is 5.88. The fraction of sp³-hybridized carbons (Fsp3) is 0.300. The zero-order valence-corrected chi connectivity index (χ0v) is 13.7. The first-order chi connectivity index (χ1) is 12.0. The molecule has 0 unspecified atom stereocenters. The molecule has 2 nitrogen and oxygen atoms in total. The lowest BCUT2D eigenvalue weighted by atomic mass is 10.0. The van der Waals surface area contributed by atoms with Gasteiger partial charge in [0.15, 0.2) is 0 Å². The molecule has 0 bridgehead atoms. The summed E-state index contributed by atoms with van der Waals surface area (Å²) in [6, 6.07) is 14.7. The molecule has 0 fully saturated rings. The van der Waals surface area contributed by atoms with E-state index in [1.54, 1.807) is 6.07 Å². The molecule has 0 saturated carbocycles. The summed E-state index contributed by atoms with van der Waals surface area (Å²) in [7, 11) is 0. The number of hydrogen-bond acceptors (Lipinski definition) is 1. The van der Waals surface area contributed by atoms with Crippen molar-refractivity contribution in [3.63, 3.8) is 0 Å². The number of aromatic amines is 1. The third-order valence-electron chi connectivity index (χ3n) is 4.95. The minimum absolute atomic E-state index is 0.227. The molecule has 0 spiro atoms. The van der Waals surface area contributed by atoms with Gasteiger partial charge in [0.05, 0.1) is 11.1 Å². The average Bonchev–Trinajstić information content (AvgIpc) is 2.98. The average molecular weight is 344 g/mol. The third kappa shape index (κ3) is 3.16. The maximum Gasteiger partial charge on any atom is 0.418 e. The summed E-state index contributed by atoms with van der Waals surface area (Å²) in [5, 5.41) is 0.703. The molecule has 2 heterocycles. The van der Waals surface area contributed by atoms with E-state index in [0.29, 0.717) is 11.9 Å². The Hall–Kier alpha value is -2.27. The molecule has 1 N–H and O–H groups in total. The normalized spacial score (nSPS) is 15.5. The van der Waals surface area contributed by atoms with E-state index in [0.717, 1.165) is 43.3 Å². The third-order valence-corrected chi connectivity index (χ3v) is 4.95. The molecular formula is C20H19F3N2. The van der Waals surface area contributed by atoms with Crippen LogP contribution in [0.5, 0.6) is 0 Å². The molecule has 4 rings (SSSR count). The van der Waals surface area contributed by atoms with Crippen LogP contribution in [0.15, 0.2) is 48.5 Å². The number of para-hydroxylation sites is 1. The number of aromatic nitrogens is 1. The van der Waals surface area contributed by atoms with Gasteiger partial charge in [-0.1, -0.05) is 42.5 Å². The van der Waals surface area contributed by atoms with Crippen LogP contribution < -0.4 is 0 Å². The summed E-state index contributed by atoms with van der Waals surface area (Å²) >= 11 is 0. The van der Waals surface area contributed by atoms with Crippen LogP contribution in [0.25, 0.3) is 10.9 Å². The van der Waals surface area contributed by atoms with Crippen molar-refractivity contribution in [3.05, 3.63) is 70.9 Å². The SMILES string of the molecule is FC(F)(F)c1cccc2c3c([nH]c12)CCN(CCc1ccccc1)C3. The van der Waals surface area contributed by atoms with Gasteiger partial charge in [-0.2, -0.15) is 13.2 Å². The lowest BCUT2D eigenvalue weighted by molar-refractivity contribution is -0.136. The molecule has 1 aliphatic heterocycles. The molecule has 0 radical (unpaired) electrons. The molecule has 25 heavy (non-hydrogen) atoms. The Morgan fingerprint density at radius 3 is 2.56 bits per heavy atom. The van der Waals surface area contributed by atoms with Gasteiger partial charge in [0.1, 0.15) is 0 Å². The number of halogens is 3. The van der Waals surface area contributed by atoms with Gasteiger partial charge < -0.3 is 4.98 Å². The lowest BCUT2D eigenvalue weighted by Crippen LogP contribution is -2.32. The molecule has 1 aliphatic rings. The highest BCUT2D eigenvalue weighted by atomic mass is 19.4. The second-order valence-electron chi connectivity index (χ2n) is 6.57. The molecular weight excluding hydrogens is 325 g/mol. The first-order valence-corrected chi connectivity index (χ1v) is 8.48. The smallest absolute Gasteiger partial charge is 0.358 e. The van der Waals surface area contributed by atoms with E-state index in [1.165, 1.54) is 11.6 Å². The molecule has 0 saturated heterocycles. The maximum atomic E-state index is 13.2. The van der Waals surface area contributed by atoms with E-state index in [2.05, 4.69) is 22.0 Å². The fourth-order valence-corrected chi connectivity index (χ4v) is 3.65. The maximum absolute atomic E-state index is 13.2. The van der Waals surface area contributed by atoms with Crippen molar-refractivity contribution in [2.45, 2.75) is 25.6 Å². The molecule has 0 amide bonds. The summed E-state index contributed by atoms with van der Waals surface area (Å²) in [6.45, 7) is 2.48. The summed E-state index contributed by atoms with van der Waals surface area (Å²) in [5.74, 6) is 0. The second-order valence-corrected chi connectivity index (χ2v) is 6.57. The summed E-state index contributed by atoms with van der Waals surface area (Å²) < 4.78 is 39.7. The number of hydrogen-bond donors (Lipinski definition) is 1. The second kappa shape index (κ2) is 6.23. The van der Waals surface area contributed by atoms with Crippen molar-refractivity contribution in [1.29, 1.82) is 0 Å². The Morgan fingerprint density at radius 1 is 1.00 bits per heavy atom. The Labute approximate surface area is 144 Å². The minimum Gasteiger partial charge on any atom is -0.358 e. The van der Waals surface area contributed by atoms with Crippen LogP contribution in [-0.2, 0) is 25.6 Å². The topological polar surface area (TPSA) is 19.0 Å². The predicted octanol–water partition coefficient (Wildman–Crippen LogP) is 4.79. The Balaban J connectivity index is 1.58. The van der Waals surface area contributed by atoms with Crippen LogP contribution in [0.1, 0.15) is 22.4 Å². The van der Waals surface area contributed by atoms with Gasteiger partial charge in [-0.05, 0) is 23.6 Å². The quantitative estimate of drug-likeness (QED) is 0.724. The number of alkyl halides is 3. The van der Waals surface area contributed by atoms with Crippen molar-refractivity contribution in [2.24, 2.45) is 0 Å². The van der Waals surface area contributed by atoms with E-state index < -0.39 is 11.7 Å². The van der Waals surface area contributed by atoms with E-state index in [4.69, 9.17) is 0 Å². The Morgan fingerprint density at radius 2 is 1.80 bits per heavy atom. The molecule has 3 aromatic rings. The first-order valence-electron chi connectivity index (χ1n) is 8.48. The molecule has 130 valence electrons. The van der Waals surface area contributed by atoms with Gasteiger partial charge in [-0.25, -0.2) is 0 Å². The van der Waals surface area contributed by atoms with E-state index in [-0.39, 0.29) is 5.52 Å². The van der Waals surface area contributed by atoms with Crippen LogP contribution in [0, 0.1) is 0 Å². The van der Waals surface area contributed by atoms with Crippen molar-refractivity contribution in [2.75, 3.05) is 13.1 Å². The van der Waals surface area contributed by atoms with Crippen molar-refractivity contribution < 1.29 is 13.2 Å². The first kappa shape index (κ1) is 16.2. The highest BCUT2D eigenvalue weighted by Gasteiger charge is 2.34. The molecule has 2 aromatic carbocycles. The number of rotatable bonds is 3. The standard InChI is InChI=1S/C20H19F3N2/c21-20(22,23)17-8-4-7-15-16-13-25(12-10-18(16)24-19(15)17)11-9-14-5-2-1-3-6-14/h1-8,24H,9-13H2. The molecule has 0 atom stereocenters. The number of nitrogens with zero attached hydrogens (tertiary/aromatic N) is 1. The van der Waals surface area contributed by atoms with E-state index in [1.807, 2.05) is 18.2 Å². The summed E-state index contributed by atoms with van der Waals surface area (Å²) in [5.41, 5.74) is 2.90. The minimum atomic E-state index is -4.33. The van der Waals surface area contributed by atoms with Crippen molar-refractivity contribution in [1.82, 2.24) is 9.88 Å². The van der Waals surface area contributed by atoms with Crippen molar-refractivity contribution >= 4 is 10.9 Å². The van der Waals surface area contributed by atoms with E-state index >= 15 is 0 Å². The molecule has 5 heteroatoms. The van der Waals surface area contributed by atoms with Crippen LogP contribution in [0.4, 0.5) is 13.2 Å². The van der Waals surface area contributed by atoms with Gasteiger partial charge in [0.25, 0.3) is 0 Å². The zero-order valence-electron chi connectivity index (χ0n) is 13.7. The van der Waals surface area contributed by atoms with Crippen LogP contribution in [0.2, 0.25) is 0 Å². The van der Waals surface area contributed by atoms with Gasteiger partial charge in [-0.3, -0.25) is 4.90 Å². The van der Waals surface area contributed by atoms with Gasteiger partial charge >= 0.3 is 6.18 Å². The fourth-order valence-electron chi connectivity index (χ4n) is 3.65. The predicted molar refractivity (Wildman–Crippen MR) is 92.4 cm³/mol. The Kier molecular flexibility index (Phi) is 4.04. The van der Waals surface area contributed by atoms with Crippen molar-refractivity contribution in [3.8, 4) is 0 Å². The number of nitrogens with one attached hydrogen (secondary N) is 1. The largest absolute Gasteiger partial charge is 0.418 e. The number of benzene rings is 2. The highest BCUT2D eigenvalue weighted by Crippen LogP contribution is 2.37. The van der Waals surface area contributed by atoms with Crippen LogP contribution in [-0.4, -0.2) is 23.0 Å². The monoisotopic (exact) mass is 344 g/mol. The molecule has 0 aliphatic carbocycles. The summed E-state index contributed by atoms with van der Waals surface area (Å²) in [4.78, 5) is 5.36. The zero-order chi connectivity index (χ0) is 17.4. The Bertz CT molecular complexity index is 881. The number of fused-ring (bicyclic) bond motifs is 3. The molecule has 1 aromatic heterocycles. The van der Waals surface area contributed by atoms with Gasteiger partial charge in [-0.15, -0.1) is 0 Å². The lowest BCUT2D eigenvalue weighted by Gasteiger charge is -2.27. The van der Waals surface area contributed by atoms with Crippen LogP contribution >= 0.6 is 0 Å².